The number of benzene rings is 1. The van der Waals surface area contributed by atoms with Gasteiger partial charge in [-0.15, -0.1) is 0 Å². The van der Waals surface area contributed by atoms with Crippen LogP contribution in [0.4, 0.5) is 5.82 Å². The summed E-state index contributed by atoms with van der Waals surface area (Å²) in [6.07, 6.45) is 5.54. The third-order valence-corrected chi connectivity index (χ3v) is 5.21. The van der Waals surface area contributed by atoms with Gasteiger partial charge in [-0.1, -0.05) is 23.2 Å². The smallest absolute Gasteiger partial charge is 0.170 e. The summed E-state index contributed by atoms with van der Waals surface area (Å²) >= 11 is 12.4. The molecule has 4 rings (SSSR count). The zero-order chi connectivity index (χ0) is 21.8. The van der Waals surface area contributed by atoms with Gasteiger partial charge in [-0.25, -0.2) is 9.50 Å². The number of hydrogen-bond donors (Lipinski definition) is 1. The molecule has 0 amide bonds. The highest BCUT2D eigenvalue weighted by molar-refractivity contribution is 6.36. The van der Waals surface area contributed by atoms with Crippen molar-refractivity contribution in [1.82, 2.24) is 19.6 Å². The van der Waals surface area contributed by atoms with E-state index in [2.05, 4.69) is 21.5 Å². The number of carbonyl (C=O) groups excluding carboxylic acids is 1. The highest BCUT2D eigenvalue weighted by Crippen LogP contribution is 2.31. The van der Waals surface area contributed by atoms with Gasteiger partial charge in [0.1, 0.15) is 17.3 Å². The number of nitriles is 1. The van der Waals surface area contributed by atoms with Crippen molar-refractivity contribution < 1.29 is 4.79 Å². The summed E-state index contributed by atoms with van der Waals surface area (Å²) in [5, 5.41) is 17.5. The number of fused-ring (bicyclic) bond motifs is 1. The molecule has 9 heteroatoms. The molecule has 0 atom stereocenters. The summed E-state index contributed by atoms with van der Waals surface area (Å²) in [5.41, 5.74) is 3.76. The van der Waals surface area contributed by atoms with Crippen LogP contribution in [0.1, 0.15) is 28.2 Å². The first-order valence-corrected chi connectivity index (χ1v) is 10.2. The predicted molar refractivity (Wildman–Crippen MR) is 120 cm³/mol. The predicted octanol–water partition coefficient (Wildman–Crippen LogP) is 4.83. The number of rotatable bonds is 7. The minimum absolute atomic E-state index is 0.311. The fourth-order valence-corrected chi connectivity index (χ4v) is 3.65. The Kier molecular flexibility index (Phi) is 6.12. The summed E-state index contributed by atoms with van der Waals surface area (Å²) in [6, 6.07) is 12.5. The second-order valence-corrected chi connectivity index (χ2v) is 7.64. The van der Waals surface area contributed by atoms with E-state index in [1.807, 2.05) is 6.07 Å². The molecule has 0 radical (unpaired) electrons. The average molecular weight is 451 g/mol. The first-order valence-electron chi connectivity index (χ1n) is 9.47. The highest BCUT2D eigenvalue weighted by atomic mass is 35.5. The van der Waals surface area contributed by atoms with Gasteiger partial charge in [-0.05, 0) is 49.2 Å². The van der Waals surface area contributed by atoms with E-state index >= 15 is 0 Å². The lowest BCUT2D eigenvalue weighted by Crippen LogP contribution is -2.08. The van der Waals surface area contributed by atoms with Crippen LogP contribution in [-0.2, 0) is 6.42 Å². The molecule has 0 saturated heterocycles. The number of halogens is 2. The van der Waals surface area contributed by atoms with Crippen LogP contribution in [0.5, 0.6) is 0 Å². The van der Waals surface area contributed by atoms with Crippen LogP contribution < -0.4 is 5.32 Å². The first kappa shape index (κ1) is 20.8. The van der Waals surface area contributed by atoms with E-state index in [9.17, 15) is 4.79 Å². The maximum absolute atomic E-state index is 11.2. The summed E-state index contributed by atoms with van der Waals surface area (Å²) in [5.74, 6) is 0.594. The van der Waals surface area contributed by atoms with E-state index < -0.39 is 0 Å². The molecule has 0 aliphatic heterocycles. The van der Waals surface area contributed by atoms with Gasteiger partial charge in [0.2, 0.25) is 0 Å². The number of hydrogen-bond acceptors (Lipinski definition) is 6. The van der Waals surface area contributed by atoms with Crippen LogP contribution in [0.2, 0.25) is 10.0 Å². The van der Waals surface area contributed by atoms with E-state index in [1.54, 1.807) is 47.2 Å². The topological polar surface area (TPSA) is 96.0 Å². The highest BCUT2D eigenvalue weighted by Gasteiger charge is 2.13. The van der Waals surface area contributed by atoms with Crippen molar-refractivity contribution in [3.05, 3.63) is 75.8 Å². The van der Waals surface area contributed by atoms with Crippen molar-refractivity contribution in [3.63, 3.8) is 0 Å². The third kappa shape index (κ3) is 4.66. The van der Waals surface area contributed by atoms with Crippen molar-refractivity contribution in [2.24, 2.45) is 0 Å². The van der Waals surface area contributed by atoms with E-state index in [0.717, 1.165) is 18.5 Å². The molecule has 0 spiro atoms. The molecule has 7 nitrogen and oxygen atoms in total. The molecule has 3 heterocycles. The average Bonchev–Trinajstić information content (AvgIpc) is 3.20. The lowest BCUT2D eigenvalue weighted by Gasteiger charge is -2.11. The molecule has 1 N–H and O–H groups in total. The van der Waals surface area contributed by atoms with Crippen molar-refractivity contribution in [1.29, 1.82) is 5.26 Å². The van der Waals surface area contributed by atoms with Gasteiger partial charge < -0.3 is 5.32 Å². The van der Waals surface area contributed by atoms with E-state index in [1.165, 1.54) is 0 Å². The normalized spacial score (nSPS) is 10.7. The van der Waals surface area contributed by atoms with Crippen LogP contribution in [0.25, 0.3) is 16.8 Å². The standard InChI is InChI=1S/C22H16Cl2N6O/c23-15-4-6-18(19(24)8-15)20-12-30-21(9-17(13-31)29-30)22(28-20)26-7-1-2-16-5-3-14(10-25)11-27-16/h3-6,8-9,11-13H,1-2,7H2,(H,26,28). The molecule has 0 bridgehead atoms. The number of aldehydes is 1. The lowest BCUT2D eigenvalue weighted by molar-refractivity contribution is 0.111. The summed E-state index contributed by atoms with van der Waals surface area (Å²) in [4.78, 5) is 20.2. The zero-order valence-corrected chi connectivity index (χ0v) is 17.7. The number of aryl methyl sites for hydroxylation is 1. The molecule has 154 valence electrons. The molecule has 0 aliphatic carbocycles. The Morgan fingerprint density at radius 3 is 2.77 bits per heavy atom. The molecule has 1 aromatic carbocycles. The first-order chi connectivity index (χ1) is 15.1. The Labute approximate surface area is 188 Å². The fourth-order valence-electron chi connectivity index (χ4n) is 3.14. The van der Waals surface area contributed by atoms with Gasteiger partial charge in [0.25, 0.3) is 0 Å². The van der Waals surface area contributed by atoms with Crippen LogP contribution in [-0.4, -0.2) is 32.4 Å². The van der Waals surface area contributed by atoms with Crippen molar-refractivity contribution in [3.8, 4) is 17.3 Å². The Morgan fingerprint density at radius 1 is 1.19 bits per heavy atom. The number of nitrogens with one attached hydrogen (secondary N) is 1. The lowest BCUT2D eigenvalue weighted by atomic mass is 10.1. The van der Waals surface area contributed by atoms with Gasteiger partial charge >= 0.3 is 0 Å². The van der Waals surface area contributed by atoms with Gasteiger partial charge in [0, 0.05) is 29.0 Å². The molecule has 31 heavy (non-hydrogen) atoms. The quantitative estimate of drug-likeness (QED) is 0.320. The number of pyridine rings is 1. The van der Waals surface area contributed by atoms with E-state index in [4.69, 9.17) is 33.4 Å². The van der Waals surface area contributed by atoms with Crippen LogP contribution in [0.15, 0.2) is 48.8 Å². The second kappa shape index (κ2) is 9.13. The van der Waals surface area contributed by atoms with Crippen LogP contribution in [0.3, 0.4) is 0 Å². The molecule has 0 saturated carbocycles. The van der Waals surface area contributed by atoms with Gasteiger partial charge in [0.15, 0.2) is 12.1 Å². The minimum atomic E-state index is 0.311. The van der Waals surface area contributed by atoms with Gasteiger partial charge in [0.05, 0.1) is 22.5 Å². The fraction of sp³-hybridized carbons (Fsp3) is 0.136. The second-order valence-electron chi connectivity index (χ2n) is 6.80. The third-order valence-electron chi connectivity index (χ3n) is 4.66. The Balaban J connectivity index is 1.57. The summed E-state index contributed by atoms with van der Waals surface area (Å²) in [6.45, 7) is 0.629. The molecular weight excluding hydrogens is 435 g/mol. The molecule has 4 aromatic rings. The van der Waals surface area contributed by atoms with Crippen molar-refractivity contribution in [2.45, 2.75) is 12.8 Å². The largest absolute Gasteiger partial charge is 0.368 e. The van der Waals surface area contributed by atoms with E-state index in [-0.39, 0.29) is 0 Å². The Morgan fingerprint density at radius 2 is 2.06 bits per heavy atom. The zero-order valence-electron chi connectivity index (χ0n) is 16.2. The van der Waals surface area contributed by atoms with Gasteiger partial charge in [-0.3, -0.25) is 9.78 Å². The maximum atomic E-state index is 11.2. The molecule has 0 aliphatic rings. The molecular formula is C22H16Cl2N6O. The monoisotopic (exact) mass is 450 g/mol. The van der Waals surface area contributed by atoms with Crippen molar-refractivity contribution in [2.75, 3.05) is 11.9 Å². The van der Waals surface area contributed by atoms with Crippen LogP contribution in [0, 0.1) is 11.3 Å². The van der Waals surface area contributed by atoms with Crippen LogP contribution >= 0.6 is 23.2 Å². The van der Waals surface area contributed by atoms with E-state index in [0.29, 0.717) is 56.7 Å². The maximum Gasteiger partial charge on any atom is 0.170 e. The molecule has 0 unspecified atom stereocenters. The summed E-state index contributed by atoms with van der Waals surface area (Å²) < 4.78 is 1.61. The number of aromatic nitrogens is 4. The van der Waals surface area contributed by atoms with Crippen molar-refractivity contribution >= 4 is 40.8 Å². The van der Waals surface area contributed by atoms with Gasteiger partial charge in [-0.2, -0.15) is 10.4 Å². The molecule has 3 aromatic heterocycles. The Bertz CT molecular complexity index is 1290. The number of carbonyl (C=O) groups is 1. The summed E-state index contributed by atoms with van der Waals surface area (Å²) in [7, 11) is 0. The minimum Gasteiger partial charge on any atom is -0.368 e. The SMILES string of the molecule is N#Cc1ccc(CCCNc2nc(-c3ccc(Cl)cc3Cl)cn3nc(C=O)cc23)nc1. The number of nitrogens with zero attached hydrogens (tertiary/aromatic N) is 5. The Hall–Kier alpha value is -3.47. The number of anilines is 1. The molecule has 0 fully saturated rings.